The van der Waals surface area contributed by atoms with Crippen LogP contribution in [0.1, 0.15) is 1.43 Å². The molecule has 0 saturated heterocycles. The predicted molar refractivity (Wildman–Crippen MR) is 28.3 cm³/mol. The molecule has 0 aliphatic carbocycles. The number of carbonyl (C=O) groups is 1. The number of carboxylic acid groups (broad SMARTS) is 1. The van der Waals surface area contributed by atoms with E-state index in [0.717, 1.165) is 0 Å². The van der Waals surface area contributed by atoms with E-state index in [1.165, 1.54) is 4.72 Å². The first kappa shape index (κ1) is 13.0. The van der Waals surface area contributed by atoms with Gasteiger partial charge < -0.3 is 6.53 Å². The van der Waals surface area contributed by atoms with Crippen molar-refractivity contribution in [3.05, 3.63) is 0 Å². The van der Waals surface area contributed by atoms with Gasteiger partial charge in [-0.15, -0.1) is 0 Å². The monoisotopic (exact) mass is 179 g/mol. The zero-order chi connectivity index (χ0) is 7.49. The molecule has 0 spiro atoms. The molecule has 56 valence electrons. The normalized spacial score (nSPS) is 10.1. The number of nitrogens with one attached hydrogen (secondary N) is 1. The van der Waals surface area contributed by atoms with Crippen LogP contribution in [-0.2, 0) is 15.1 Å². The molecule has 6 nitrogen and oxygen atoms in total. The quantitative estimate of drug-likeness (QED) is 0.299. The van der Waals surface area contributed by atoms with Crippen molar-refractivity contribution in [1.29, 1.82) is 0 Å². The van der Waals surface area contributed by atoms with Crippen LogP contribution in [0.3, 0.4) is 0 Å². The molecule has 0 aliphatic heterocycles. The minimum Gasteiger partial charge on any atom is -1.00 e. The van der Waals surface area contributed by atoms with Crippen LogP contribution in [0.25, 0.3) is 0 Å². The molecule has 0 radical (unpaired) electrons. The van der Waals surface area contributed by atoms with Gasteiger partial charge in [-0.1, -0.05) is 0 Å². The summed E-state index contributed by atoms with van der Waals surface area (Å²) in [5, 5.41) is 7.84. The standard InChI is InChI=1S/C2H5NO5S.Na.H/c4-2(5)1-3-9(6,7)8;;/h3H,1H2,(H,4,5)(H,6,7,8);;/q;+1;-1. The molecule has 8 heteroatoms. The van der Waals surface area contributed by atoms with Gasteiger partial charge in [0.15, 0.2) is 0 Å². The summed E-state index contributed by atoms with van der Waals surface area (Å²) in [4.78, 5) is 9.61. The van der Waals surface area contributed by atoms with Crippen LogP contribution in [-0.4, -0.2) is 30.6 Å². The molecule has 0 aromatic carbocycles. The van der Waals surface area contributed by atoms with Crippen molar-refractivity contribution >= 4 is 16.3 Å². The van der Waals surface area contributed by atoms with Gasteiger partial charge in [0.2, 0.25) is 0 Å². The molecule has 0 bridgehead atoms. The van der Waals surface area contributed by atoms with Crippen LogP contribution in [0.15, 0.2) is 0 Å². The molecular formula is C2H6NNaO5S. The second-order valence-corrected chi connectivity index (χ2v) is 2.43. The first-order chi connectivity index (χ1) is 3.92. The van der Waals surface area contributed by atoms with Crippen molar-refractivity contribution in [2.24, 2.45) is 0 Å². The maximum atomic E-state index is 9.72. The van der Waals surface area contributed by atoms with Gasteiger partial charge in [0, 0.05) is 0 Å². The Morgan fingerprint density at radius 2 is 2.00 bits per heavy atom. The Morgan fingerprint density at radius 1 is 1.60 bits per heavy atom. The van der Waals surface area contributed by atoms with Gasteiger partial charge in [0.1, 0.15) is 6.54 Å². The Kier molecular flexibility index (Phi) is 6.55. The maximum Gasteiger partial charge on any atom is 1.00 e. The van der Waals surface area contributed by atoms with Crippen LogP contribution >= 0.6 is 0 Å². The Labute approximate surface area is 81.3 Å². The van der Waals surface area contributed by atoms with E-state index < -0.39 is 22.8 Å². The molecule has 0 unspecified atom stereocenters. The summed E-state index contributed by atoms with van der Waals surface area (Å²) in [6.07, 6.45) is 0. The molecular weight excluding hydrogens is 173 g/mol. The fourth-order valence-electron chi connectivity index (χ4n) is 0.153. The summed E-state index contributed by atoms with van der Waals surface area (Å²) < 4.78 is 28.6. The molecule has 0 aromatic heterocycles. The zero-order valence-corrected chi connectivity index (χ0v) is 8.05. The Balaban J connectivity index is -0.000000320. The summed E-state index contributed by atoms with van der Waals surface area (Å²) in [6, 6.07) is 0. The number of hydrogen-bond acceptors (Lipinski definition) is 3. The molecule has 0 amide bonds. The first-order valence-corrected chi connectivity index (χ1v) is 3.29. The van der Waals surface area contributed by atoms with E-state index in [-0.39, 0.29) is 31.0 Å². The van der Waals surface area contributed by atoms with E-state index in [9.17, 15) is 13.2 Å². The van der Waals surface area contributed by atoms with Crippen molar-refractivity contribution in [3.63, 3.8) is 0 Å². The topological polar surface area (TPSA) is 104 Å². The molecule has 0 heterocycles. The third-order valence-electron chi connectivity index (χ3n) is 0.406. The minimum atomic E-state index is -4.35. The van der Waals surface area contributed by atoms with Gasteiger partial charge in [-0.3, -0.25) is 9.35 Å². The smallest absolute Gasteiger partial charge is 1.00 e. The maximum absolute atomic E-state index is 9.72. The van der Waals surface area contributed by atoms with Crippen LogP contribution in [0.4, 0.5) is 0 Å². The van der Waals surface area contributed by atoms with Crippen molar-refractivity contribution in [2.75, 3.05) is 6.54 Å². The molecule has 0 atom stereocenters. The zero-order valence-electron chi connectivity index (χ0n) is 6.23. The Bertz CT molecular complexity index is 203. The molecule has 0 aromatic rings. The predicted octanol–water partition coefficient (Wildman–Crippen LogP) is -4.42. The van der Waals surface area contributed by atoms with Gasteiger partial charge in [0.05, 0.1) is 0 Å². The van der Waals surface area contributed by atoms with Crippen LogP contribution < -0.4 is 34.3 Å². The third-order valence-corrected chi connectivity index (χ3v) is 0.915. The van der Waals surface area contributed by atoms with Crippen LogP contribution in [0.2, 0.25) is 0 Å². The number of hydrogen-bond donors (Lipinski definition) is 3. The van der Waals surface area contributed by atoms with Crippen LogP contribution in [0.5, 0.6) is 0 Å². The SMILES string of the molecule is O=C(O)CNS(=O)(=O)O.[H-].[Na+]. The molecule has 0 saturated carbocycles. The number of rotatable bonds is 3. The van der Waals surface area contributed by atoms with Crippen molar-refractivity contribution < 1.29 is 53.9 Å². The first-order valence-electron chi connectivity index (χ1n) is 1.85. The van der Waals surface area contributed by atoms with E-state index in [1.54, 1.807) is 0 Å². The van der Waals surface area contributed by atoms with Crippen molar-refractivity contribution in [3.8, 4) is 0 Å². The summed E-state index contributed by atoms with van der Waals surface area (Å²) in [6.45, 7) is -0.807. The molecule has 3 N–H and O–H groups in total. The van der Waals surface area contributed by atoms with E-state index in [4.69, 9.17) is 9.66 Å². The molecule has 0 aliphatic rings. The van der Waals surface area contributed by atoms with E-state index in [2.05, 4.69) is 0 Å². The molecule has 0 fully saturated rings. The van der Waals surface area contributed by atoms with Crippen molar-refractivity contribution in [1.82, 2.24) is 4.72 Å². The summed E-state index contributed by atoms with van der Waals surface area (Å²) in [5.41, 5.74) is 0. The van der Waals surface area contributed by atoms with Gasteiger partial charge in [-0.2, -0.15) is 13.1 Å². The summed E-state index contributed by atoms with van der Waals surface area (Å²) in [5.74, 6) is -1.35. The largest absolute Gasteiger partial charge is 1.00 e. The van der Waals surface area contributed by atoms with Crippen LogP contribution in [0, 0.1) is 0 Å². The second kappa shape index (κ2) is 5.05. The fraction of sp³-hybridized carbons (Fsp3) is 0.500. The van der Waals surface area contributed by atoms with Gasteiger partial charge >= 0.3 is 45.8 Å². The van der Waals surface area contributed by atoms with Crippen molar-refractivity contribution in [2.45, 2.75) is 0 Å². The Hall–Kier alpha value is 0.340. The summed E-state index contributed by atoms with van der Waals surface area (Å²) in [7, 11) is -4.35. The van der Waals surface area contributed by atoms with Gasteiger partial charge in [-0.25, -0.2) is 0 Å². The Morgan fingerprint density at radius 3 is 2.10 bits per heavy atom. The van der Waals surface area contributed by atoms with E-state index in [0.29, 0.717) is 0 Å². The third kappa shape index (κ3) is 11.2. The molecule has 10 heavy (non-hydrogen) atoms. The second-order valence-electron chi connectivity index (χ2n) is 1.19. The average molecular weight is 179 g/mol. The summed E-state index contributed by atoms with van der Waals surface area (Å²) >= 11 is 0. The van der Waals surface area contributed by atoms with Gasteiger partial charge in [-0.05, 0) is 0 Å². The van der Waals surface area contributed by atoms with Gasteiger partial charge in [0.25, 0.3) is 0 Å². The molecule has 0 rings (SSSR count). The number of carboxylic acids is 1. The fourth-order valence-corrected chi connectivity index (χ4v) is 0.459. The van der Waals surface area contributed by atoms with E-state index >= 15 is 0 Å². The number of aliphatic carboxylic acids is 1. The van der Waals surface area contributed by atoms with E-state index in [1.807, 2.05) is 0 Å². The minimum absolute atomic E-state index is 0. The average Bonchev–Trinajstić information content (AvgIpc) is 1.59.